The molecule has 1 heterocycles. The van der Waals surface area contributed by atoms with Crippen LogP contribution in [0.15, 0.2) is 30.3 Å². The van der Waals surface area contributed by atoms with E-state index in [-0.39, 0.29) is 24.7 Å². The van der Waals surface area contributed by atoms with Crippen molar-refractivity contribution in [3.05, 3.63) is 35.9 Å². The number of rotatable bonds is 11. The lowest BCUT2D eigenvalue weighted by Crippen LogP contribution is -2.59. The Labute approximate surface area is 248 Å². The predicted molar refractivity (Wildman–Crippen MR) is 159 cm³/mol. The van der Waals surface area contributed by atoms with Crippen LogP contribution >= 0.6 is 0 Å². The highest BCUT2D eigenvalue weighted by molar-refractivity contribution is 5.98. The molecule has 1 aromatic carbocycles. The topological polar surface area (TPSA) is 192 Å². The summed E-state index contributed by atoms with van der Waals surface area (Å²) in [7, 11) is 0. The molecule has 1 fully saturated rings. The fraction of sp³-hybridized carbons (Fsp3) is 0.633. The molecule has 0 bridgehead atoms. The molecule has 0 spiro atoms. The summed E-state index contributed by atoms with van der Waals surface area (Å²) in [6, 6.07) is 3.58. The highest BCUT2D eigenvalue weighted by atomic mass is 16.3. The van der Waals surface area contributed by atoms with Gasteiger partial charge in [0.2, 0.25) is 29.5 Å². The van der Waals surface area contributed by atoms with E-state index in [0.29, 0.717) is 32.2 Å². The Morgan fingerprint density at radius 2 is 1.07 bits per heavy atom. The second-order valence-corrected chi connectivity index (χ2v) is 11.7. The van der Waals surface area contributed by atoms with Gasteiger partial charge in [-0.25, -0.2) is 0 Å². The first-order valence-electron chi connectivity index (χ1n) is 14.8. The number of aliphatic hydroxyl groups is 1. The van der Waals surface area contributed by atoms with Crippen LogP contribution in [0.1, 0.15) is 65.4 Å². The van der Waals surface area contributed by atoms with Gasteiger partial charge in [0.25, 0.3) is 0 Å². The van der Waals surface area contributed by atoms with Crippen molar-refractivity contribution < 1.29 is 29.1 Å². The Balaban J connectivity index is 2.52. The number of hydrogen-bond acceptors (Lipinski definition) is 7. The van der Waals surface area contributed by atoms with E-state index in [9.17, 15) is 29.1 Å². The van der Waals surface area contributed by atoms with E-state index in [2.05, 4.69) is 26.6 Å². The third-order valence-corrected chi connectivity index (χ3v) is 6.99. The zero-order valence-corrected chi connectivity index (χ0v) is 25.2. The number of nitrogens with two attached hydrogens (primary N) is 1. The number of hydrogen-bond donors (Lipinski definition) is 7. The van der Waals surface area contributed by atoms with E-state index in [0.717, 1.165) is 5.56 Å². The number of nitrogens with one attached hydrogen (secondary N) is 5. The first-order chi connectivity index (χ1) is 19.9. The Morgan fingerprint density at radius 3 is 1.57 bits per heavy atom. The van der Waals surface area contributed by atoms with Crippen LogP contribution in [-0.2, 0) is 30.4 Å². The van der Waals surface area contributed by atoms with Crippen molar-refractivity contribution in [2.45, 2.75) is 96.4 Å². The van der Waals surface area contributed by atoms with Gasteiger partial charge >= 0.3 is 0 Å². The Morgan fingerprint density at radius 1 is 0.643 bits per heavy atom. The van der Waals surface area contributed by atoms with Crippen molar-refractivity contribution >= 4 is 29.5 Å². The monoisotopic (exact) mass is 588 g/mol. The van der Waals surface area contributed by atoms with Crippen LogP contribution < -0.4 is 32.3 Å². The zero-order valence-electron chi connectivity index (χ0n) is 25.2. The molecule has 1 saturated heterocycles. The van der Waals surface area contributed by atoms with Crippen molar-refractivity contribution in [2.24, 2.45) is 17.6 Å². The Bertz CT molecular complexity index is 1050. The second kappa shape index (κ2) is 17.4. The molecular formula is C30H48N6O6. The molecule has 1 aliphatic heterocycles. The van der Waals surface area contributed by atoms with Gasteiger partial charge in [-0.2, -0.15) is 0 Å². The summed E-state index contributed by atoms with van der Waals surface area (Å²) in [6.07, 6.45) is 2.08. The maximum atomic E-state index is 13.6. The molecule has 0 unspecified atom stereocenters. The highest BCUT2D eigenvalue weighted by Gasteiger charge is 2.34. The second-order valence-electron chi connectivity index (χ2n) is 11.7. The summed E-state index contributed by atoms with van der Waals surface area (Å²) in [5.41, 5.74) is 6.38. The van der Waals surface area contributed by atoms with Crippen molar-refractivity contribution in [3.63, 3.8) is 0 Å². The fourth-order valence-corrected chi connectivity index (χ4v) is 4.78. The van der Waals surface area contributed by atoms with Gasteiger partial charge in [-0.3, -0.25) is 24.0 Å². The molecule has 5 atom stereocenters. The van der Waals surface area contributed by atoms with Crippen LogP contribution in [0.3, 0.4) is 0 Å². The van der Waals surface area contributed by atoms with E-state index >= 15 is 0 Å². The minimum Gasteiger partial charge on any atom is -0.394 e. The molecule has 12 heteroatoms. The summed E-state index contributed by atoms with van der Waals surface area (Å²) in [4.78, 5) is 67.1. The molecule has 42 heavy (non-hydrogen) atoms. The van der Waals surface area contributed by atoms with Gasteiger partial charge in [0.05, 0.1) is 6.61 Å². The van der Waals surface area contributed by atoms with Gasteiger partial charge in [-0.15, -0.1) is 0 Å². The van der Waals surface area contributed by atoms with Crippen LogP contribution in [0.2, 0.25) is 0 Å². The summed E-state index contributed by atoms with van der Waals surface area (Å²) in [5, 5.41) is 23.5. The van der Waals surface area contributed by atoms with E-state index in [1.54, 1.807) is 24.3 Å². The molecule has 234 valence electrons. The molecule has 5 amide bonds. The number of carbonyl (C=O) groups excluding carboxylic acids is 5. The normalized spacial score (nSPS) is 24.7. The molecular weight excluding hydrogens is 540 g/mol. The smallest absolute Gasteiger partial charge is 0.245 e. The summed E-state index contributed by atoms with van der Waals surface area (Å²) < 4.78 is 0. The van der Waals surface area contributed by atoms with Gasteiger partial charge in [0.1, 0.15) is 30.2 Å². The van der Waals surface area contributed by atoms with Crippen LogP contribution in [0.5, 0.6) is 0 Å². The van der Waals surface area contributed by atoms with Crippen LogP contribution in [0.25, 0.3) is 0 Å². The standard InChI is InChI=1S/C30H48N6O6/c1-18(2)14-22-27(39)32-21(12-8-9-13-31)26(38)36-25(17-37)30(42)35-24(16-20-10-6-5-7-11-20)29(41)34-23(15-19(3)4)28(40)33-22/h5-7,10-11,18-19,21-25,37H,8-9,12-17,31H2,1-4H3,(H,32,39)(H,33,40)(H,34,41)(H,35,42)(H,36,38)/t21-,22+,23+,24-,25-/m1/s1. The molecule has 0 saturated carbocycles. The maximum absolute atomic E-state index is 13.6. The molecule has 1 aromatic rings. The van der Waals surface area contributed by atoms with Gasteiger partial charge in [0.15, 0.2) is 0 Å². The fourth-order valence-electron chi connectivity index (χ4n) is 4.78. The highest BCUT2D eigenvalue weighted by Crippen LogP contribution is 2.12. The van der Waals surface area contributed by atoms with E-state index < -0.39 is 66.4 Å². The van der Waals surface area contributed by atoms with Crippen LogP contribution in [0, 0.1) is 11.8 Å². The van der Waals surface area contributed by atoms with E-state index in [4.69, 9.17) is 5.73 Å². The van der Waals surface area contributed by atoms with Crippen molar-refractivity contribution in [1.82, 2.24) is 26.6 Å². The molecule has 12 nitrogen and oxygen atoms in total. The Kier molecular flexibility index (Phi) is 14.4. The van der Waals surface area contributed by atoms with Gasteiger partial charge in [-0.05, 0) is 56.0 Å². The SMILES string of the molecule is CC(C)C[C@@H]1NC(=O)[C@H](CC(C)C)NC(=O)[C@@H](Cc2ccccc2)NC(=O)[C@@H](CO)NC(=O)[C@@H](CCCCN)NC1=O. The molecule has 0 aromatic heterocycles. The molecule has 8 N–H and O–H groups in total. The third-order valence-electron chi connectivity index (χ3n) is 6.99. The van der Waals surface area contributed by atoms with Crippen molar-refractivity contribution in [1.29, 1.82) is 0 Å². The number of benzene rings is 1. The van der Waals surface area contributed by atoms with Crippen molar-refractivity contribution in [3.8, 4) is 0 Å². The number of amides is 5. The minimum absolute atomic E-state index is 0.0233. The van der Waals surface area contributed by atoms with Gasteiger partial charge in [-0.1, -0.05) is 58.0 Å². The van der Waals surface area contributed by atoms with Gasteiger partial charge in [0, 0.05) is 6.42 Å². The lowest BCUT2D eigenvalue weighted by Gasteiger charge is -2.27. The summed E-state index contributed by atoms with van der Waals surface area (Å²) in [6.45, 7) is 7.30. The number of aliphatic hydroxyl groups excluding tert-OH is 1. The van der Waals surface area contributed by atoms with E-state index in [1.165, 1.54) is 0 Å². The molecule has 0 aliphatic carbocycles. The average Bonchev–Trinajstić information content (AvgIpc) is 2.93. The van der Waals surface area contributed by atoms with E-state index in [1.807, 2.05) is 33.8 Å². The molecule has 1 aliphatic rings. The quantitative estimate of drug-likeness (QED) is 0.175. The first-order valence-corrected chi connectivity index (χ1v) is 14.8. The zero-order chi connectivity index (χ0) is 31.2. The van der Waals surface area contributed by atoms with Crippen LogP contribution in [0.4, 0.5) is 0 Å². The average molecular weight is 589 g/mol. The lowest BCUT2D eigenvalue weighted by molar-refractivity contribution is -0.134. The number of carbonyl (C=O) groups is 5. The molecule has 2 rings (SSSR count). The van der Waals surface area contributed by atoms with Crippen molar-refractivity contribution in [2.75, 3.05) is 13.2 Å². The largest absolute Gasteiger partial charge is 0.394 e. The number of unbranched alkanes of at least 4 members (excludes halogenated alkanes) is 1. The predicted octanol–water partition coefficient (Wildman–Crippen LogP) is -0.120. The minimum atomic E-state index is -1.37. The maximum Gasteiger partial charge on any atom is 0.245 e. The third kappa shape index (κ3) is 11.4. The first kappa shape index (κ1) is 34.7. The molecule has 0 radical (unpaired) electrons. The summed E-state index contributed by atoms with van der Waals surface area (Å²) >= 11 is 0. The Hall–Kier alpha value is -3.51. The van der Waals surface area contributed by atoms with Crippen LogP contribution in [-0.4, -0.2) is 78.0 Å². The lowest BCUT2D eigenvalue weighted by atomic mass is 9.99. The summed E-state index contributed by atoms with van der Waals surface area (Å²) in [5.74, 6) is -3.07. The van der Waals surface area contributed by atoms with Gasteiger partial charge < -0.3 is 37.4 Å².